The number of ether oxygens (including phenoxy) is 1. The first-order valence-corrected chi connectivity index (χ1v) is 11.8. The van der Waals surface area contributed by atoms with E-state index >= 15 is 0 Å². The van der Waals surface area contributed by atoms with Crippen molar-refractivity contribution in [2.24, 2.45) is 12.5 Å². The molecule has 5 heterocycles. The Morgan fingerprint density at radius 1 is 1.17 bits per heavy atom. The summed E-state index contributed by atoms with van der Waals surface area (Å²) in [4.78, 5) is 29.5. The molecule has 2 saturated heterocycles. The first-order chi connectivity index (χ1) is 17.2. The van der Waals surface area contributed by atoms with E-state index in [1.54, 1.807) is 11.6 Å². The smallest absolute Gasteiger partial charge is 0.387 e. The number of alkyl halides is 2. The van der Waals surface area contributed by atoms with E-state index in [0.717, 1.165) is 56.1 Å². The number of pyridine rings is 1. The molecule has 0 atom stereocenters. The first-order valence-electron chi connectivity index (χ1n) is 11.8. The molecule has 190 valence electrons. The number of aryl methyl sites for hydroxylation is 2. The van der Waals surface area contributed by atoms with Crippen molar-refractivity contribution in [3.63, 3.8) is 0 Å². The Morgan fingerprint density at radius 2 is 1.92 bits per heavy atom. The minimum Gasteiger partial charge on any atom is -0.435 e. The van der Waals surface area contributed by atoms with Crippen molar-refractivity contribution in [3.05, 3.63) is 36.3 Å². The van der Waals surface area contributed by atoms with Gasteiger partial charge >= 0.3 is 6.61 Å². The van der Waals surface area contributed by atoms with Gasteiger partial charge in [-0.05, 0) is 25.8 Å². The van der Waals surface area contributed by atoms with Gasteiger partial charge in [0.15, 0.2) is 5.82 Å². The molecule has 0 aliphatic carbocycles. The Labute approximate surface area is 207 Å². The summed E-state index contributed by atoms with van der Waals surface area (Å²) in [6.07, 6.45) is 5.19. The van der Waals surface area contributed by atoms with Crippen molar-refractivity contribution in [1.29, 1.82) is 0 Å². The molecule has 36 heavy (non-hydrogen) atoms. The van der Waals surface area contributed by atoms with Crippen LogP contribution in [-0.4, -0.2) is 68.3 Å². The number of nitrogens with zero attached hydrogens (tertiary/aromatic N) is 7. The number of hydrogen-bond donors (Lipinski definition) is 1. The van der Waals surface area contributed by atoms with Crippen molar-refractivity contribution < 1.29 is 18.3 Å². The molecule has 10 nitrogen and oxygen atoms in total. The van der Waals surface area contributed by atoms with Gasteiger partial charge in [0.25, 0.3) is 0 Å². The van der Waals surface area contributed by atoms with E-state index in [9.17, 15) is 13.6 Å². The van der Waals surface area contributed by atoms with Crippen LogP contribution in [0, 0.1) is 12.3 Å². The number of carbonyl (C=O) groups is 1. The molecule has 0 unspecified atom stereocenters. The second-order valence-corrected chi connectivity index (χ2v) is 9.48. The Bertz CT molecular complexity index is 1260. The van der Waals surface area contributed by atoms with Gasteiger partial charge in [-0.25, -0.2) is 15.0 Å². The molecule has 2 aliphatic heterocycles. The average molecular weight is 499 g/mol. The lowest BCUT2D eigenvalue weighted by molar-refractivity contribution is -0.131. The number of carbonyl (C=O) groups excluding carboxylic acids is 1. The van der Waals surface area contributed by atoms with E-state index in [0.29, 0.717) is 17.5 Å². The van der Waals surface area contributed by atoms with Crippen molar-refractivity contribution in [3.8, 4) is 17.1 Å². The molecule has 3 aromatic heterocycles. The number of aromatic nitrogens is 5. The van der Waals surface area contributed by atoms with E-state index in [2.05, 4.69) is 30.0 Å². The summed E-state index contributed by atoms with van der Waals surface area (Å²) in [6.45, 7) is 3.84. The van der Waals surface area contributed by atoms with Crippen LogP contribution < -0.4 is 15.0 Å². The van der Waals surface area contributed by atoms with Crippen LogP contribution in [0.25, 0.3) is 11.4 Å². The topological polar surface area (TPSA) is 101 Å². The highest BCUT2D eigenvalue weighted by atomic mass is 19.3. The fourth-order valence-electron chi connectivity index (χ4n) is 4.92. The molecule has 3 aromatic rings. The van der Waals surface area contributed by atoms with Crippen molar-refractivity contribution in [2.45, 2.75) is 33.3 Å². The van der Waals surface area contributed by atoms with Gasteiger partial charge in [0.2, 0.25) is 5.91 Å². The summed E-state index contributed by atoms with van der Waals surface area (Å²) in [5, 5.41) is 7.51. The molecule has 0 saturated carbocycles. The number of likely N-dealkylation sites (tertiary alicyclic amines) is 1. The minimum atomic E-state index is -2.92. The van der Waals surface area contributed by atoms with E-state index in [1.165, 1.54) is 18.3 Å². The monoisotopic (exact) mass is 498 g/mol. The molecule has 2 fully saturated rings. The van der Waals surface area contributed by atoms with Crippen molar-refractivity contribution in [1.82, 2.24) is 29.6 Å². The molecule has 0 radical (unpaired) electrons. The second-order valence-electron chi connectivity index (χ2n) is 9.48. The average Bonchev–Trinajstić information content (AvgIpc) is 3.15. The number of hydrogen-bond acceptors (Lipinski definition) is 8. The SMILES string of the molecule is CC(=O)N1CCC2(CC1)CN(c1cc(Nc3cc(OC(F)F)ccn3)nc(-c3cn(C)nc3C)n1)C2. The molecule has 5 rings (SSSR count). The van der Waals surface area contributed by atoms with Crippen molar-refractivity contribution >= 4 is 23.4 Å². The summed E-state index contributed by atoms with van der Waals surface area (Å²) in [5.74, 6) is 2.19. The second kappa shape index (κ2) is 9.32. The van der Waals surface area contributed by atoms with Crippen LogP contribution in [0.1, 0.15) is 25.5 Å². The Kier molecular flexibility index (Phi) is 6.19. The number of halogens is 2. The Balaban J connectivity index is 1.40. The zero-order chi connectivity index (χ0) is 25.4. The molecule has 2 aliphatic rings. The van der Waals surface area contributed by atoms with Gasteiger partial charge in [0, 0.05) is 70.1 Å². The van der Waals surface area contributed by atoms with Crippen LogP contribution >= 0.6 is 0 Å². The maximum Gasteiger partial charge on any atom is 0.387 e. The highest BCUT2D eigenvalue weighted by Gasteiger charge is 2.45. The number of nitrogens with one attached hydrogen (secondary N) is 1. The lowest BCUT2D eigenvalue weighted by atomic mass is 9.72. The zero-order valence-corrected chi connectivity index (χ0v) is 20.4. The van der Waals surface area contributed by atoms with E-state index in [4.69, 9.17) is 4.98 Å². The molecule has 1 spiro atoms. The van der Waals surface area contributed by atoms with Crippen molar-refractivity contribution in [2.75, 3.05) is 36.4 Å². The van der Waals surface area contributed by atoms with Crippen LogP contribution in [-0.2, 0) is 11.8 Å². The zero-order valence-electron chi connectivity index (χ0n) is 20.4. The van der Waals surface area contributed by atoms with Crippen LogP contribution in [0.15, 0.2) is 30.6 Å². The normalized spacial score (nSPS) is 16.8. The van der Waals surface area contributed by atoms with Gasteiger partial charge in [0.05, 0.1) is 11.3 Å². The Hall–Kier alpha value is -3.83. The summed E-state index contributed by atoms with van der Waals surface area (Å²) in [5.41, 5.74) is 1.77. The lowest BCUT2D eigenvalue weighted by Gasteiger charge is -2.54. The van der Waals surface area contributed by atoms with Crippen LogP contribution in [0.5, 0.6) is 5.75 Å². The van der Waals surface area contributed by atoms with Gasteiger partial charge in [-0.2, -0.15) is 13.9 Å². The third-order valence-electron chi connectivity index (χ3n) is 6.83. The maximum atomic E-state index is 12.6. The molecular formula is C24H28F2N8O2. The summed E-state index contributed by atoms with van der Waals surface area (Å²) in [6, 6.07) is 4.59. The molecule has 12 heteroatoms. The molecule has 1 N–H and O–H groups in total. The highest BCUT2D eigenvalue weighted by molar-refractivity contribution is 5.73. The fourth-order valence-corrected chi connectivity index (χ4v) is 4.92. The number of anilines is 3. The third kappa shape index (κ3) is 4.93. The minimum absolute atomic E-state index is 0.00157. The number of piperidine rings is 1. The van der Waals surface area contributed by atoms with Gasteiger partial charge in [-0.15, -0.1) is 0 Å². The Morgan fingerprint density at radius 3 is 2.56 bits per heavy atom. The first kappa shape index (κ1) is 23.9. The standard InChI is InChI=1S/C24H28F2N8O2/c1-15-18(12-32(3)31-15)22-29-20(28-19-10-17(4-7-27-19)36-23(25)26)11-21(30-22)34-13-24(14-34)5-8-33(9-6-24)16(2)35/h4,7,10-12,23H,5-6,8-9,13-14H2,1-3H3,(H,27,28,29,30). The largest absolute Gasteiger partial charge is 0.435 e. The van der Waals surface area contributed by atoms with E-state index < -0.39 is 6.61 Å². The quantitative estimate of drug-likeness (QED) is 0.552. The van der Waals surface area contributed by atoms with Gasteiger partial charge in [-0.3, -0.25) is 9.48 Å². The molecular weight excluding hydrogens is 470 g/mol. The van der Waals surface area contributed by atoms with Gasteiger partial charge < -0.3 is 19.9 Å². The summed E-state index contributed by atoms with van der Waals surface area (Å²) >= 11 is 0. The highest BCUT2D eigenvalue weighted by Crippen LogP contribution is 2.43. The van der Waals surface area contributed by atoms with E-state index in [1.807, 2.05) is 31.1 Å². The maximum absolute atomic E-state index is 12.6. The van der Waals surface area contributed by atoms with Crippen LogP contribution in [0.3, 0.4) is 0 Å². The van der Waals surface area contributed by atoms with Gasteiger partial charge in [-0.1, -0.05) is 0 Å². The third-order valence-corrected chi connectivity index (χ3v) is 6.83. The lowest BCUT2D eigenvalue weighted by Crippen LogP contribution is -2.61. The van der Waals surface area contributed by atoms with Crippen LogP contribution in [0.2, 0.25) is 0 Å². The predicted molar refractivity (Wildman–Crippen MR) is 129 cm³/mol. The molecule has 0 aromatic carbocycles. The molecule has 0 bridgehead atoms. The predicted octanol–water partition coefficient (Wildman–Crippen LogP) is 3.37. The summed E-state index contributed by atoms with van der Waals surface area (Å²) in [7, 11) is 1.84. The fraction of sp³-hybridized carbons (Fsp3) is 0.458. The summed E-state index contributed by atoms with van der Waals surface area (Å²) < 4.78 is 31.5. The number of rotatable bonds is 6. The van der Waals surface area contributed by atoms with Crippen LogP contribution in [0.4, 0.5) is 26.2 Å². The number of amides is 1. The van der Waals surface area contributed by atoms with E-state index in [-0.39, 0.29) is 17.1 Å². The molecule has 1 amide bonds. The van der Waals surface area contributed by atoms with Gasteiger partial charge in [0.1, 0.15) is 23.2 Å².